The summed E-state index contributed by atoms with van der Waals surface area (Å²) in [6.45, 7) is 2.06. The molecule has 0 bridgehead atoms. The smallest absolute Gasteiger partial charge is 0.409 e. The van der Waals surface area contributed by atoms with Gasteiger partial charge in [-0.15, -0.1) is 0 Å². The minimum absolute atomic E-state index is 0.120. The van der Waals surface area contributed by atoms with Gasteiger partial charge in [-0.3, -0.25) is 0 Å². The van der Waals surface area contributed by atoms with Gasteiger partial charge in [-0.2, -0.15) is 13.2 Å². The molecule has 3 aromatic rings. The maximum Gasteiger partial charge on any atom is 0.409 e. The normalized spacial score (nSPS) is 11.7. The Hall–Kier alpha value is -3.01. The van der Waals surface area contributed by atoms with E-state index < -0.39 is 6.18 Å². The third kappa shape index (κ3) is 6.24. The van der Waals surface area contributed by atoms with Crippen LogP contribution in [0.1, 0.15) is 18.9 Å². The second-order valence-corrected chi connectivity index (χ2v) is 6.80. The van der Waals surface area contributed by atoms with Crippen LogP contribution in [-0.4, -0.2) is 12.8 Å². The van der Waals surface area contributed by atoms with Crippen molar-refractivity contribution in [1.82, 2.24) is 0 Å². The fraction of sp³-hybridized carbons (Fsp3) is 0.200. The number of halogens is 3. The Labute approximate surface area is 169 Å². The van der Waals surface area contributed by atoms with Crippen molar-refractivity contribution in [2.45, 2.75) is 25.9 Å². The van der Waals surface area contributed by atoms with Crippen molar-refractivity contribution in [2.24, 2.45) is 0 Å². The standard InChI is InChI=1S/C25H23F3O/c1-2-4-19-5-7-20(8-6-19)21-9-11-22(12-10-21)23-13-15-24(16-14-23)29-18-3-17-25(26,27)28/h3,5-17H,2,4,18H2,1H3/b17-3+. The molecule has 0 saturated heterocycles. The van der Waals surface area contributed by atoms with E-state index in [1.54, 1.807) is 12.1 Å². The number of rotatable bonds is 7. The summed E-state index contributed by atoms with van der Waals surface area (Å²) in [6.07, 6.45) is -0.932. The third-order valence-corrected chi connectivity index (χ3v) is 4.55. The number of benzene rings is 3. The molecule has 150 valence electrons. The first-order valence-electron chi connectivity index (χ1n) is 9.61. The minimum Gasteiger partial charge on any atom is -0.490 e. The zero-order valence-electron chi connectivity index (χ0n) is 16.2. The molecule has 0 heterocycles. The summed E-state index contributed by atoms with van der Waals surface area (Å²) in [4.78, 5) is 0. The molecule has 4 heteroatoms. The highest BCUT2D eigenvalue weighted by Gasteiger charge is 2.21. The van der Waals surface area contributed by atoms with Crippen molar-refractivity contribution in [3.63, 3.8) is 0 Å². The lowest BCUT2D eigenvalue weighted by atomic mass is 9.99. The van der Waals surface area contributed by atoms with E-state index in [4.69, 9.17) is 4.74 Å². The zero-order chi connectivity index (χ0) is 20.7. The van der Waals surface area contributed by atoms with E-state index in [1.807, 2.05) is 12.1 Å². The van der Waals surface area contributed by atoms with Gasteiger partial charge < -0.3 is 4.74 Å². The lowest BCUT2D eigenvalue weighted by molar-refractivity contribution is -0.0801. The third-order valence-electron chi connectivity index (χ3n) is 4.55. The monoisotopic (exact) mass is 396 g/mol. The number of hydrogen-bond acceptors (Lipinski definition) is 1. The molecule has 0 fully saturated rings. The molecule has 0 aliphatic heterocycles. The van der Waals surface area contributed by atoms with Gasteiger partial charge in [0.1, 0.15) is 12.4 Å². The average molecular weight is 396 g/mol. The fourth-order valence-electron chi connectivity index (χ4n) is 3.08. The first-order chi connectivity index (χ1) is 13.9. The summed E-state index contributed by atoms with van der Waals surface area (Å²) in [5.41, 5.74) is 5.79. The quantitative estimate of drug-likeness (QED) is 0.376. The van der Waals surface area contributed by atoms with E-state index in [-0.39, 0.29) is 12.7 Å². The SMILES string of the molecule is CCCc1ccc(-c2ccc(-c3ccc(OC/C=C/C(F)(F)F)cc3)cc2)cc1. The number of aryl methyl sites for hydroxylation is 1. The largest absolute Gasteiger partial charge is 0.490 e. The number of hydrogen-bond donors (Lipinski definition) is 0. The Balaban J connectivity index is 1.63. The summed E-state index contributed by atoms with van der Waals surface area (Å²) in [6, 6.07) is 24.3. The van der Waals surface area contributed by atoms with Gasteiger partial charge in [-0.25, -0.2) is 0 Å². The van der Waals surface area contributed by atoms with E-state index in [0.717, 1.165) is 35.6 Å². The molecule has 0 aliphatic rings. The Kier molecular flexibility index (Phi) is 6.76. The van der Waals surface area contributed by atoms with Crippen LogP contribution in [-0.2, 0) is 6.42 Å². The van der Waals surface area contributed by atoms with E-state index in [2.05, 4.69) is 55.5 Å². The first-order valence-corrected chi connectivity index (χ1v) is 9.61. The highest BCUT2D eigenvalue weighted by atomic mass is 19.4. The van der Waals surface area contributed by atoms with Crippen molar-refractivity contribution in [3.8, 4) is 28.0 Å². The average Bonchev–Trinajstić information content (AvgIpc) is 2.72. The van der Waals surface area contributed by atoms with Crippen LogP contribution >= 0.6 is 0 Å². The molecule has 3 aromatic carbocycles. The van der Waals surface area contributed by atoms with Crippen LogP contribution in [0.2, 0.25) is 0 Å². The molecular weight excluding hydrogens is 373 g/mol. The molecule has 0 saturated carbocycles. The van der Waals surface area contributed by atoms with Crippen molar-refractivity contribution in [2.75, 3.05) is 6.61 Å². The van der Waals surface area contributed by atoms with Gasteiger partial charge in [-0.1, -0.05) is 74.0 Å². The molecule has 3 rings (SSSR count). The summed E-state index contributed by atoms with van der Waals surface area (Å²) in [5.74, 6) is 0.532. The predicted molar refractivity (Wildman–Crippen MR) is 112 cm³/mol. The van der Waals surface area contributed by atoms with E-state index in [1.165, 1.54) is 11.1 Å². The van der Waals surface area contributed by atoms with Gasteiger partial charge in [0.05, 0.1) is 0 Å². The van der Waals surface area contributed by atoms with E-state index in [0.29, 0.717) is 5.75 Å². The molecule has 1 nitrogen and oxygen atoms in total. The second kappa shape index (κ2) is 9.46. The van der Waals surface area contributed by atoms with Gasteiger partial charge in [0, 0.05) is 6.08 Å². The van der Waals surface area contributed by atoms with Crippen LogP contribution in [0.25, 0.3) is 22.3 Å². The van der Waals surface area contributed by atoms with Crippen LogP contribution in [0.4, 0.5) is 13.2 Å². The fourth-order valence-corrected chi connectivity index (χ4v) is 3.08. The summed E-state index contributed by atoms with van der Waals surface area (Å²) in [5, 5.41) is 0. The summed E-state index contributed by atoms with van der Waals surface area (Å²) in [7, 11) is 0. The second-order valence-electron chi connectivity index (χ2n) is 6.80. The van der Waals surface area contributed by atoms with Crippen LogP contribution < -0.4 is 4.74 Å². The first kappa shape index (κ1) is 20.7. The highest BCUT2D eigenvalue weighted by molar-refractivity contribution is 5.70. The van der Waals surface area contributed by atoms with E-state index in [9.17, 15) is 13.2 Å². The molecule has 0 aromatic heterocycles. The molecule has 29 heavy (non-hydrogen) atoms. The topological polar surface area (TPSA) is 9.23 Å². The molecule has 0 amide bonds. The molecule has 0 spiro atoms. The minimum atomic E-state index is -4.31. The molecule has 0 N–H and O–H groups in total. The highest BCUT2D eigenvalue weighted by Crippen LogP contribution is 2.27. The van der Waals surface area contributed by atoms with Crippen molar-refractivity contribution in [3.05, 3.63) is 90.5 Å². The Morgan fingerprint density at radius 2 is 1.17 bits per heavy atom. The molecule has 0 radical (unpaired) electrons. The predicted octanol–water partition coefficient (Wildman–Crippen LogP) is 7.47. The number of allylic oxidation sites excluding steroid dienone is 1. The van der Waals surface area contributed by atoms with Gasteiger partial charge in [0.15, 0.2) is 0 Å². The Morgan fingerprint density at radius 1 is 0.724 bits per heavy atom. The van der Waals surface area contributed by atoms with Crippen LogP contribution in [0, 0.1) is 0 Å². The molecule has 0 unspecified atom stereocenters. The van der Waals surface area contributed by atoms with Crippen molar-refractivity contribution < 1.29 is 17.9 Å². The van der Waals surface area contributed by atoms with Crippen LogP contribution in [0.3, 0.4) is 0 Å². The molecular formula is C25H23F3O. The summed E-state index contributed by atoms with van der Waals surface area (Å²) < 4.78 is 41.5. The van der Waals surface area contributed by atoms with Gasteiger partial charge >= 0.3 is 6.18 Å². The zero-order valence-corrected chi connectivity index (χ0v) is 16.2. The Bertz CT molecular complexity index is 922. The molecule has 0 aliphatic carbocycles. The van der Waals surface area contributed by atoms with Gasteiger partial charge in [-0.05, 0) is 52.4 Å². The Morgan fingerprint density at radius 3 is 1.62 bits per heavy atom. The number of ether oxygens (including phenoxy) is 1. The van der Waals surface area contributed by atoms with Crippen molar-refractivity contribution >= 4 is 0 Å². The summed E-state index contributed by atoms with van der Waals surface area (Å²) >= 11 is 0. The lowest BCUT2D eigenvalue weighted by Gasteiger charge is -2.08. The van der Waals surface area contributed by atoms with Crippen LogP contribution in [0.5, 0.6) is 5.75 Å². The molecule has 0 atom stereocenters. The van der Waals surface area contributed by atoms with Crippen molar-refractivity contribution in [1.29, 1.82) is 0 Å². The van der Waals surface area contributed by atoms with E-state index >= 15 is 0 Å². The lowest BCUT2D eigenvalue weighted by Crippen LogP contribution is -2.02. The number of alkyl halides is 3. The maximum absolute atomic E-state index is 12.1. The van der Waals surface area contributed by atoms with Gasteiger partial charge in [0.2, 0.25) is 0 Å². The van der Waals surface area contributed by atoms with Gasteiger partial charge in [0.25, 0.3) is 0 Å². The van der Waals surface area contributed by atoms with Crippen LogP contribution in [0.15, 0.2) is 84.9 Å². The maximum atomic E-state index is 12.1.